The summed E-state index contributed by atoms with van der Waals surface area (Å²) >= 11 is 5.97. The lowest BCUT2D eigenvalue weighted by molar-refractivity contribution is -0.137. The Kier molecular flexibility index (Phi) is 2.79. The number of carbonyl (C=O) groups excluding carboxylic acids is 2. The molecule has 4 heteroatoms. The van der Waals surface area contributed by atoms with Crippen LogP contribution >= 0.6 is 11.6 Å². The molecule has 0 radical (unpaired) electrons. The average molecular weight is 236 g/mol. The van der Waals surface area contributed by atoms with Gasteiger partial charge < -0.3 is 0 Å². The van der Waals surface area contributed by atoms with E-state index in [2.05, 4.69) is 0 Å². The Morgan fingerprint density at radius 3 is 2.50 bits per heavy atom. The summed E-state index contributed by atoms with van der Waals surface area (Å²) in [5, 5.41) is 0.563. The molecule has 0 spiro atoms. The van der Waals surface area contributed by atoms with E-state index < -0.39 is 0 Å². The Labute approximate surface area is 98.3 Å². The normalized spacial score (nSPS) is 15.6. The van der Waals surface area contributed by atoms with Gasteiger partial charge in [-0.2, -0.15) is 0 Å². The first-order chi connectivity index (χ1) is 7.59. The Morgan fingerprint density at radius 2 is 1.94 bits per heavy atom. The molecule has 2 amide bonds. The summed E-state index contributed by atoms with van der Waals surface area (Å²) in [5.41, 5.74) is 1.24. The smallest absolute Gasteiger partial charge is 0.256 e. The van der Waals surface area contributed by atoms with Crippen molar-refractivity contribution >= 4 is 23.4 Å². The highest BCUT2D eigenvalue weighted by atomic mass is 35.5. The number of amides is 2. The highest BCUT2D eigenvalue weighted by molar-refractivity contribution is 6.31. The van der Waals surface area contributed by atoms with E-state index in [1.807, 2.05) is 12.1 Å². The Balaban J connectivity index is 2.22. The van der Waals surface area contributed by atoms with Crippen molar-refractivity contribution in [2.45, 2.75) is 13.5 Å². The second-order valence-corrected chi connectivity index (χ2v) is 4.06. The minimum Gasteiger partial charge on any atom is -0.271 e. The van der Waals surface area contributed by atoms with Crippen molar-refractivity contribution < 1.29 is 9.59 Å². The summed E-state index contributed by atoms with van der Waals surface area (Å²) < 4.78 is 0. The Morgan fingerprint density at radius 1 is 1.25 bits per heavy atom. The molecule has 1 heterocycles. The fraction of sp³-hybridized carbons (Fsp3) is 0.167. The van der Waals surface area contributed by atoms with Crippen LogP contribution in [0.2, 0.25) is 5.02 Å². The molecule has 1 aromatic rings. The molecule has 0 bridgehead atoms. The number of benzene rings is 1. The molecule has 0 saturated heterocycles. The van der Waals surface area contributed by atoms with Gasteiger partial charge in [0, 0.05) is 16.7 Å². The zero-order valence-corrected chi connectivity index (χ0v) is 9.49. The van der Waals surface area contributed by atoms with E-state index in [1.54, 1.807) is 19.1 Å². The fourth-order valence-corrected chi connectivity index (χ4v) is 1.78. The molecule has 0 unspecified atom stereocenters. The van der Waals surface area contributed by atoms with Crippen molar-refractivity contribution in [1.82, 2.24) is 4.90 Å². The van der Waals surface area contributed by atoms with Crippen LogP contribution in [0.1, 0.15) is 12.5 Å². The van der Waals surface area contributed by atoms with Crippen molar-refractivity contribution in [3.05, 3.63) is 46.5 Å². The minimum atomic E-state index is -0.276. The number of carbonyl (C=O) groups is 2. The maximum absolute atomic E-state index is 11.6. The maximum Gasteiger partial charge on any atom is 0.256 e. The summed E-state index contributed by atoms with van der Waals surface area (Å²) in [6, 6.07) is 7.17. The highest BCUT2D eigenvalue weighted by Crippen LogP contribution is 2.20. The third-order valence-corrected chi connectivity index (χ3v) is 2.84. The van der Waals surface area contributed by atoms with Gasteiger partial charge in [0.25, 0.3) is 11.8 Å². The van der Waals surface area contributed by atoms with Gasteiger partial charge >= 0.3 is 0 Å². The van der Waals surface area contributed by atoms with E-state index in [0.29, 0.717) is 10.6 Å². The largest absolute Gasteiger partial charge is 0.271 e. The molecular formula is C12H10ClNO2. The quantitative estimate of drug-likeness (QED) is 0.737. The number of halogens is 1. The van der Waals surface area contributed by atoms with Gasteiger partial charge in [-0.15, -0.1) is 0 Å². The van der Waals surface area contributed by atoms with Gasteiger partial charge in [0.05, 0.1) is 6.54 Å². The molecule has 0 saturated carbocycles. The zero-order chi connectivity index (χ0) is 11.7. The SMILES string of the molecule is CC1=CC(=O)N(Cc2ccccc2Cl)C1=O. The van der Waals surface area contributed by atoms with Gasteiger partial charge in [-0.05, 0) is 18.6 Å². The summed E-state index contributed by atoms with van der Waals surface area (Å²) in [4.78, 5) is 24.3. The molecule has 0 fully saturated rings. The van der Waals surface area contributed by atoms with Crippen LogP contribution in [0.3, 0.4) is 0 Å². The molecule has 1 aromatic carbocycles. The molecule has 1 aliphatic rings. The van der Waals surface area contributed by atoms with Crippen LogP contribution < -0.4 is 0 Å². The molecular weight excluding hydrogens is 226 g/mol. The predicted molar refractivity (Wildman–Crippen MR) is 60.8 cm³/mol. The van der Waals surface area contributed by atoms with Gasteiger partial charge in [-0.3, -0.25) is 14.5 Å². The number of hydrogen-bond acceptors (Lipinski definition) is 2. The van der Waals surface area contributed by atoms with E-state index >= 15 is 0 Å². The summed E-state index contributed by atoms with van der Waals surface area (Å²) in [6.07, 6.45) is 1.35. The van der Waals surface area contributed by atoms with E-state index in [4.69, 9.17) is 11.6 Å². The van der Waals surface area contributed by atoms with Crippen molar-refractivity contribution in [2.24, 2.45) is 0 Å². The van der Waals surface area contributed by atoms with Gasteiger partial charge in [-0.25, -0.2) is 0 Å². The molecule has 16 heavy (non-hydrogen) atoms. The summed E-state index contributed by atoms with van der Waals surface area (Å²) in [5.74, 6) is -0.521. The highest BCUT2D eigenvalue weighted by Gasteiger charge is 2.28. The predicted octanol–water partition coefficient (Wildman–Crippen LogP) is 2.16. The molecule has 0 N–H and O–H groups in total. The number of rotatable bonds is 2. The molecule has 3 nitrogen and oxygen atoms in total. The first-order valence-electron chi connectivity index (χ1n) is 4.87. The number of nitrogens with zero attached hydrogens (tertiary/aromatic N) is 1. The molecule has 0 aromatic heterocycles. The number of hydrogen-bond donors (Lipinski definition) is 0. The third kappa shape index (κ3) is 1.86. The van der Waals surface area contributed by atoms with Crippen molar-refractivity contribution in [3.8, 4) is 0 Å². The van der Waals surface area contributed by atoms with Gasteiger partial charge in [0.2, 0.25) is 0 Å². The first-order valence-corrected chi connectivity index (χ1v) is 5.25. The van der Waals surface area contributed by atoms with Crippen LogP contribution in [0.4, 0.5) is 0 Å². The molecule has 0 aliphatic carbocycles. The van der Waals surface area contributed by atoms with Crippen LogP contribution in [0, 0.1) is 0 Å². The lowest BCUT2D eigenvalue weighted by Gasteiger charge is -2.15. The molecule has 1 aliphatic heterocycles. The maximum atomic E-state index is 11.6. The Bertz CT molecular complexity index is 494. The second kappa shape index (κ2) is 4.10. The standard InChI is InChI=1S/C12H10ClNO2/c1-8-6-11(15)14(12(8)16)7-9-4-2-3-5-10(9)13/h2-6H,7H2,1H3. The average Bonchev–Trinajstić information content (AvgIpc) is 2.48. The van der Waals surface area contributed by atoms with Crippen molar-refractivity contribution in [3.63, 3.8) is 0 Å². The third-order valence-electron chi connectivity index (χ3n) is 2.47. The topological polar surface area (TPSA) is 37.4 Å². The lowest BCUT2D eigenvalue weighted by atomic mass is 10.2. The van der Waals surface area contributed by atoms with Crippen LogP contribution in [0.5, 0.6) is 0 Å². The Hall–Kier alpha value is -1.61. The van der Waals surface area contributed by atoms with Crippen molar-refractivity contribution in [2.75, 3.05) is 0 Å². The van der Waals surface area contributed by atoms with Gasteiger partial charge in [0.15, 0.2) is 0 Å². The minimum absolute atomic E-state index is 0.227. The van der Waals surface area contributed by atoms with Crippen molar-refractivity contribution in [1.29, 1.82) is 0 Å². The molecule has 2 rings (SSSR count). The van der Waals surface area contributed by atoms with Crippen LogP contribution in [-0.4, -0.2) is 16.7 Å². The van der Waals surface area contributed by atoms with Crippen LogP contribution in [0.25, 0.3) is 0 Å². The monoisotopic (exact) mass is 235 g/mol. The van der Waals surface area contributed by atoms with Gasteiger partial charge in [0.1, 0.15) is 0 Å². The second-order valence-electron chi connectivity index (χ2n) is 3.65. The van der Waals surface area contributed by atoms with E-state index in [1.165, 1.54) is 11.0 Å². The summed E-state index contributed by atoms with van der Waals surface area (Å²) in [6.45, 7) is 1.86. The number of imide groups is 1. The van der Waals surface area contributed by atoms with E-state index in [9.17, 15) is 9.59 Å². The van der Waals surface area contributed by atoms with Crippen LogP contribution in [0.15, 0.2) is 35.9 Å². The zero-order valence-electron chi connectivity index (χ0n) is 8.74. The lowest BCUT2D eigenvalue weighted by Crippen LogP contribution is -2.30. The van der Waals surface area contributed by atoms with Crippen LogP contribution in [-0.2, 0) is 16.1 Å². The van der Waals surface area contributed by atoms with E-state index in [0.717, 1.165) is 5.56 Å². The van der Waals surface area contributed by atoms with E-state index in [-0.39, 0.29) is 18.4 Å². The molecule has 0 atom stereocenters. The molecule has 82 valence electrons. The fourth-order valence-electron chi connectivity index (χ4n) is 1.58. The summed E-state index contributed by atoms with van der Waals surface area (Å²) in [7, 11) is 0. The first kappa shape index (κ1) is 10.9. The van der Waals surface area contributed by atoms with Gasteiger partial charge in [-0.1, -0.05) is 29.8 Å².